The molecule has 1 aliphatic heterocycles. The van der Waals surface area contributed by atoms with E-state index in [4.69, 9.17) is 4.74 Å². The number of ether oxygens (including phenoxy) is 1. The van der Waals surface area contributed by atoms with Gasteiger partial charge < -0.3 is 19.9 Å². The van der Waals surface area contributed by atoms with Crippen LogP contribution in [0.5, 0.6) is 0 Å². The van der Waals surface area contributed by atoms with Crippen molar-refractivity contribution in [2.24, 2.45) is 5.92 Å². The standard InChI is InChI=1S/C20H33N3O2/c1-17-6-8-19(9-7-17)16-23(13-14-25-3)20(24)21-11-10-18-5-4-12-22(2)15-18/h6-9,18H,4-5,10-16H2,1-3H3,(H,21,24). The van der Waals surface area contributed by atoms with Gasteiger partial charge in [0.2, 0.25) is 0 Å². The molecule has 0 saturated carbocycles. The molecule has 0 bridgehead atoms. The molecule has 1 aromatic carbocycles. The van der Waals surface area contributed by atoms with Crippen LogP contribution in [0.1, 0.15) is 30.4 Å². The Morgan fingerprint density at radius 1 is 1.36 bits per heavy atom. The van der Waals surface area contributed by atoms with E-state index in [2.05, 4.69) is 48.5 Å². The maximum Gasteiger partial charge on any atom is 0.317 e. The Hall–Kier alpha value is -1.59. The molecule has 1 fully saturated rings. The van der Waals surface area contributed by atoms with Crippen LogP contribution in [0.15, 0.2) is 24.3 Å². The lowest BCUT2D eigenvalue weighted by atomic mass is 9.95. The number of benzene rings is 1. The normalized spacial score (nSPS) is 18.1. The highest BCUT2D eigenvalue weighted by molar-refractivity contribution is 5.74. The minimum Gasteiger partial charge on any atom is -0.383 e. The maximum absolute atomic E-state index is 12.6. The second-order valence-corrected chi connectivity index (χ2v) is 7.19. The molecular formula is C20H33N3O2. The largest absolute Gasteiger partial charge is 0.383 e. The molecule has 0 aromatic heterocycles. The number of amides is 2. The van der Waals surface area contributed by atoms with Gasteiger partial charge in [-0.15, -0.1) is 0 Å². The third-order valence-corrected chi connectivity index (χ3v) is 4.90. The number of rotatable bonds is 8. The average molecular weight is 348 g/mol. The van der Waals surface area contributed by atoms with Crippen molar-refractivity contribution < 1.29 is 9.53 Å². The molecule has 0 radical (unpaired) electrons. The number of hydrogen-bond acceptors (Lipinski definition) is 3. The van der Waals surface area contributed by atoms with Gasteiger partial charge >= 0.3 is 6.03 Å². The summed E-state index contributed by atoms with van der Waals surface area (Å²) in [5.74, 6) is 0.698. The van der Waals surface area contributed by atoms with Crippen LogP contribution in [0.25, 0.3) is 0 Å². The fraction of sp³-hybridized carbons (Fsp3) is 0.650. The second kappa shape index (κ2) is 10.4. The van der Waals surface area contributed by atoms with Crippen LogP contribution in [-0.2, 0) is 11.3 Å². The first-order valence-corrected chi connectivity index (χ1v) is 9.34. The summed E-state index contributed by atoms with van der Waals surface area (Å²) in [6.45, 7) is 6.92. The summed E-state index contributed by atoms with van der Waals surface area (Å²) in [6.07, 6.45) is 3.60. The number of nitrogens with one attached hydrogen (secondary N) is 1. The van der Waals surface area contributed by atoms with Gasteiger partial charge in [-0.3, -0.25) is 0 Å². The van der Waals surface area contributed by atoms with Crippen molar-refractivity contribution in [3.63, 3.8) is 0 Å². The van der Waals surface area contributed by atoms with E-state index >= 15 is 0 Å². The summed E-state index contributed by atoms with van der Waals surface area (Å²) in [5, 5.41) is 3.10. The van der Waals surface area contributed by atoms with Crippen molar-refractivity contribution in [1.82, 2.24) is 15.1 Å². The molecule has 0 spiro atoms. The molecule has 1 heterocycles. The molecule has 0 aliphatic carbocycles. The Kier molecular flexibility index (Phi) is 8.22. The predicted octanol–water partition coefficient (Wildman–Crippen LogP) is 2.88. The van der Waals surface area contributed by atoms with Crippen LogP contribution < -0.4 is 5.32 Å². The number of piperidine rings is 1. The Morgan fingerprint density at radius 2 is 2.12 bits per heavy atom. The average Bonchev–Trinajstić information content (AvgIpc) is 2.60. The number of urea groups is 1. The monoisotopic (exact) mass is 347 g/mol. The van der Waals surface area contributed by atoms with Crippen molar-refractivity contribution in [3.05, 3.63) is 35.4 Å². The molecule has 2 rings (SSSR count). The fourth-order valence-electron chi connectivity index (χ4n) is 3.37. The van der Waals surface area contributed by atoms with Crippen LogP contribution >= 0.6 is 0 Å². The summed E-state index contributed by atoms with van der Waals surface area (Å²) in [7, 11) is 3.85. The minimum absolute atomic E-state index is 0.00166. The summed E-state index contributed by atoms with van der Waals surface area (Å²) in [4.78, 5) is 16.8. The molecule has 5 nitrogen and oxygen atoms in total. The van der Waals surface area contributed by atoms with Gasteiger partial charge in [0.15, 0.2) is 0 Å². The van der Waals surface area contributed by atoms with Gasteiger partial charge in [-0.05, 0) is 51.3 Å². The Morgan fingerprint density at radius 3 is 2.80 bits per heavy atom. The van der Waals surface area contributed by atoms with Gasteiger partial charge in [0.1, 0.15) is 0 Å². The van der Waals surface area contributed by atoms with Gasteiger partial charge in [0, 0.05) is 33.3 Å². The van der Waals surface area contributed by atoms with Gasteiger partial charge in [-0.25, -0.2) is 4.79 Å². The van der Waals surface area contributed by atoms with Crippen LogP contribution in [0, 0.1) is 12.8 Å². The zero-order valence-corrected chi connectivity index (χ0v) is 16.0. The van der Waals surface area contributed by atoms with Gasteiger partial charge in [-0.1, -0.05) is 29.8 Å². The minimum atomic E-state index is 0.00166. The molecule has 1 atom stereocenters. The van der Waals surface area contributed by atoms with E-state index in [1.54, 1.807) is 7.11 Å². The van der Waals surface area contributed by atoms with Crippen LogP contribution in [0.2, 0.25) is 0 Å². The molecule has 1 saturated heterocycles. The Balaban J connectivity index is 1.81. The first kappa shape index (κ1) is 19.7. The van der Waals surface area contributed by atoms with E-state index in [-0.39, 0.29) is 6.03 Å². The highest BCUT2D eigenvalue weighted by Gasteiger charge is 2.18. The molecule has 2 amide bonds. The fourth-order valence-corrected chi connectivity index (χ4v) is 3.37. The maximum atomic E-state index is 12.6. The van der Waals surface area contributed by atoms with Gasteiger partial charge in [-0.2, -0.15) is 0 Å². The molecular weight excluding hydrogens is 314 g/mol. The molecule has 1 unspecified atom stereocenters. The molecule has 1 aromatic rings. The number of carbonyl (C=O) groups excluding carboxylic acids is 1. The number of hydrogen-bond donors (Lipinski definition) is 1. The number of methoxy groups -OCH3 is 1. The summed E-state index contributed by atoms with van der Waals surface area (Å²) in [5.41, 5.74) is 2.37. The van der Waals surface area contributed by atoms with E-state index in [0.29, 0.717) is 25.6 Å². The number of aryl methyl sites for hydroxylation is 1. The van der Waals surface area contributed by atoms with E-state index in [1.807, 2.05) is 4.90 Å². The summed E-state index contributed by atoms with van der Waals surface area (Å²) < 4.78 is 5.16. The van der Waals surface area contributed by atoms with E-state index in [9.17, 15) is 4.79 Å². The molecule has 140 valence electrons. The van der Waals surface area contributed by atoms with E-state index in [1.165, 1.54) is 24.9 Å². The zero-order valence-electron chi connectivity index (χ0n) is 16.0. The van der Waals surface area contributed by atoms with Crippen LogP contribution in [-0.4, -0.2) is 62.8 Å². The first-order chi connectivity index (χ1) is 12.1. The SMILES string of the molecule is COCCN(Cc1ccc(C)cc1)C(=O)NCCC1CCCN(C)C1. The van der Waals surface area contributed by atoms with Crippen LogP contribution in [0.4, 0.5) is 4.79 Å². The lowest BCUT2D eigenvalue weighted by Gasteiger charge is -2.30. The van der Waals surface area contributed by atoms with Gasteiger partial charge in [0.25, 0.3) is 0 Å². The zero-order chi connectivity index (χ0) is 18.1. The first-order valence-electron chi connectivity index (χ1n) is 9.34. The smallest absolute Gasteiger partial charge is 0.317 e. The summed E-state index contributed by atoms with van der Waals surface area (Å²) >= 11 is 0. The van der Waals surface area contributed by atoms with Crippen molar-refractivity contribution in [2.75, 3.05) is 46.9 Å². The quantitative estimate of drug-likeness (QED) is 0.786. The lowest BCUT2D eigenvalue weighted by molar-refractivity contribution is 0.145. The van der Waals surface area contributed by atoms with Crippen molar-refractivity contribution in [3.8, 4) is 0 Å². The highest BCUT2D eigenvalue weighted by atomic mass is 16.5. The molecule has 1 N–H and O–H groups in total. The highest BCUT2D eigenvalue weighted by Crippen LogP contribution is 2.17. The summed E-state index contributed by atoms with van der Waals surface area (Å²) in [6, 6.07) is 8.34. The second-order valence-electron chi connectivity index (χ2n) is 7.19. The lowest BCUT2D eigenvalue weighted by Crippen LogP contribution is -2.42. The number of likely N-dealkylation sites (tertiary alicyclic amines) is 1. The van der Waals surface area contributed by atoms with Crippen molar-refractivity contribution in [1.29, 1.82) is 0 Å². The van der Waals surface area contributed by atoms with Gasteiger partial charge in [0.05, 0.1) is 6.61 Å². The topological polar surface area (TPSA) is 44.8 Å². The Bertz CT molecular complexity index is 518. The van der Waals surface area contributed by atoms with E-state index < -0.39 is 0 Å². The molecule has 1 aliphatic rings. The van der Waals surface area contributed by atoms with Crippen molar-refractivity contribution >= 4 is 6.03 Å². The molecule has 5 heteroatoms. The van der Waals surface area contributed by atoms with Crippen molar-refractivity contribution in [2.45, 2.75) is 32.7 Å². The number of carbonyl (C=O) groups is 1. The third kappa shape index (κ3) is 7.04. The van der Waals surface area contributed by atoms with Crippen LogP contribution in [0.3, 0.4) is 0 Å². The predicted molar refractivity (Wildman–Crippen MR) is 102 cm³/mol. The Labute approximate surface area is 152 Å². The molecule has 25 heavy (non-hydrogen) atoms. The van der Waals surface area contributed by atoms with E-state index in [0.717, 1.165) is 25.1 Å². The number of nitrogens with zero attached hydrogens (tertiary/aromatic N) is 2. The third-order valence-electron chi connectivity index (χ3n) is 4.90.